The molecule has 0 bridgehead atoms. The van der Waals surface area contributed by atoms with E-state index in [1.54, 1.807) is 0 Å². The van der Waals surface area contributed by atoms with Crippen molar-refractivity contribution in [2.75, 3.05) is 26.2 Å². The Morgan fingerprint density at radius 3 is 1.00 bits per heavy atom. The molecule has 3 heteroatoms. The van der Waals surface area contributed by atoms with Crippen LogP contribution in [-0.4, -0.2) is 36.4 Å². The number of rotatable bonds is 6. The van der Waals surface area contributed by atoms with Crippen LogP contribution in [0.1, 0.15) is 54.4 Å². The number of nitrogens with zero attached hydrogens (tertiary/aromatic N) is 1. The minimum atomic E-state index is 0. The van der Waals surface area contributed by atoms with Gasteiger partial charge >= 0.3 is 0 Å². The minimum absolute atomic E-state index is 0. The first kappa shape index (κ1) is 21.4. The van der Waals surface area contributed by atoms with Gasteiger partial charge < -0.3 is 21.5 Å². The molecule has 0 aliphatic rings. The Balaban J connectivity index is -0.000000214. The highest BCUT2D eigenvalue weighted by atomic mass is 79.9. The van der Waals surface area contributed by atoms with E-state index in [1.807, 2.05) is 13.8 Å². The molecule has 0 aromatic carbocycles. The molecular formula is C13H30BrNO. The summed E-state index contributed by atoms with van der Waals surface area (Å²) >= 11 is 0. The monoisotopic (exact) mass is 295 g/mol. The van der Waals surface area contributed by atoms with Crippen molar-refractivity contribution in [3.63, 3.8) is 0 Å². The highest BCUT2D eigenvalue weighted by Crippen LogP contribution is 2.03. The fourth-order valence-electron chi connectivity index (χ4n) is 1.59. The largest absolute Gasteiger partial charge is 1.00 e. The van der Waals surface area contributed by atoms with E-state index in [2.05, 4.69) is 27.7 Å². The molecule has 0 radical (unpaired) electrons. The zero-order chi connectivity index (χ0) is 12.3. The summed E-state index contributed by atoms with van der Waals surface area (Å²) in [7, 11) is 0. The van der Waals surface area contributed by atoms with E-state index in [0.29, 0.717) is 18.6 Å². The summed E-state index contributed by atoms with van der Waals surface area (Å²) in [5.74, 6) is 0.343. The van der Waals surface area contributed by atoms with Crippen LogP contribution in [-0.2, 0) is 4.79 Å². The number of quaternary nitrogens is 1. The highest BCUT2D eigenvalue weighted by molar-refractivity contribution is 5.77. The summed E-state index contributed by atoms with van der Waals surface area (Å²) in [6.45, 7) is 18.0. The van der Waals surface area contributed by atoms with Crippen molar-refractivity contribution in [3.05, 3.63) is 0 Å². The van der Waals surface area contributed by atoms with E-state index >= 15 is 0 Å². The van der Waals surface area contributed by atoms with Crippen LogP contribution in [0.25, 0.3) is 0 Å². The Hall–Kier alpha value is 0.110. The van der Waals surface area contributed by atoms with Crippen LogP contribution >= 0.6 is 0 Å². The second-order valence-electron chi connectivity index (χ2n) is 3.85. The molecule has 0 fully saturated rings. The summed E-state index contributed by atoms with van der Waals surface area (Å²) in [4.78, 5) is 10.2. The van der Waals surface area contributed by atoms with Crippen LogP contribution in [0.3, 0.4) is 0 Å². The predicted molar refractivity (Wildman–Crippen MR) is 68.0 cm³/mol. The second kappa shape index (κ2) is 13.2. The Morgan fingerprint density at radius 2 is 1.00 bits per heavy atom. The van der Waals surface area contributed by atoms with Gasteiger partial charge in [-0.25, -0.2) is 0 Å². The van der Waals surface area contributed by atoms with Gasteiger partial charge in [0.1, 0.15) is 5.78 Å². The maximum absolute atomic E-state index is 10.2. The Kier molecular flexibility index (Phi) is 17.6. The Morgan fingerprint density at radius 1 is 0.750 bits per heavy atom. The molecule has 0 aromatic heterocycles. The molecule has 2 nitrogen and oxygen atoms in total. The average Bonchev–Trinajstić information content (AvgIpc) is 2.32. The molecule has 0 N–H and O–H groups in total. The Labute approximate surface area is 113 Å². The smallest absolute Gasteiger partial charge is 0.132 e. The van der Waals surface area contributed by atoms with Gasteiger partial charge in [-0.3, -0.25) is 4.79 Å². The Bertz CT molecular complexity index is 133. The van der Waals surface area contributed by atoms with Crippen LogP contribution in [0.2, 0.25) is 0 Å². The van der Waals surface area contributed by atoms with Crippen molar-refractivity contribution in [2.24, 2.45) is 0 Å². The highest BCUT2D eigenvalue weighted by Gasteiger charge is 2.16. The van der Waals surface area contributed by atoms with E-state index in [9.17, 15) is 4.79 Å². The molecule has 0 heterocycles. The summed E-state index contributed by atoms with van der Waals surface area (Å²) in [5.41, 5.74) is 0. The number of hydrogen-bond acceptors (Lipinski definition) is 1. The summed E-state index contributed by atoms with van der Waals surface area (Å²) in [6, 6.07) is 0. The normalized spacial score (nSPS) is 9.88. The van der Waals surface area contributed by atoms with Gasteiger partial charge in [-0.15, -0.1) is 0 Å². The third-order valence-electron chi connectivity index (χ3n) is 3.47. The minimum Gasteiger partial charge on any atom is -1.00 e. The lowest BCUT2D eigenvalue weighted by Crippen LogP contribution is -3.00. The molecule has 0 aliphatic carbocycles. The van der Waals surface area contributed by atoms with E-state index in [1.165, 1.54) is 30.7 Å². The van der Waals surface area contributed by atoms with Gasteiger partial charge in [0.2, 0.25) is 0 Å². The molecular weight excluding hydrogens is 266 g/mol. The van der Waals surface area contributed by atoms with Crippen LogP contribution < -0.4 is 17.0 Å². The number of halogens is 1. The lowest BCUT2D eigenvalue weighted by atomic mass is 10.3. The second-order valence-corrected chi connectivity index (χ2v) is 3.85. The summed E-state index contributed by atoms with van der Waals surface area (Å²) in [6.07, 6.45) is 1.38. The molecule has 0 rings (SSSR count). The summed E-state index contributed by atoms with van der Waals surface area (Å²) in [5, 5.41) is 0. The molecule has 100 valence electrons. The van der Waals surface area contributed by atoms with E-state index < -0.39 is 0 Å². The molecule has 0 saturated heterocycles. The first-order valence-corrected chi connectivity index (χ1v) is 6.42. The number of hydrogen-bond donors (Lipinski definition) is 0. The fourth-order valence-corrected chi connectivity index (χ4v) is 1.59. The van der Waals surface area contributed by atoms with Crippen LogP contribution in [0.4, 0.5) is 0 Å². The van der Waals surface area contributed by atoms with Crippen molar-refractivity contribution in [1.82, 2.24) is 0 Å². The zero-order valence-electron chi connectivity index (χ0n) is 12.0. The van der Waals surface area contributed by atoms with Gasteiger partial charge in [0.05, 0.1) is 26.2 Å². The van der Waals surface area contributed by atoms with E-state index in [-0.39, 0.29) is 17.0 Å². The van der Waals surface area contributed by atoms with Crippen LogP contribution in [0, 0.1) is 0 Å². The number of carbonyl (C=O) groups is 1. The quantitative estimate of drug-likeness (QED) is 0.643. The average molecular weight is 296 g/mol. The molecule has 0 spiro atoms. The fraction of sp³-hybridized carbons (Fsp3) is 0.923. The SMILES string of the molecule is CCC(=O)CC.CC[N+](CC)(CC)CC.[Br-]. The molecule has 0 amide bonds. The van der Waals surface area contributed by atoms with Crippen molar-refractivity contribution in [1.29, 1.82) is 0 Å². The molecule has 0 aromatic rings. The van der Waals surface area contributed by atoms with Gasteiger partial charge in [-0.05, 0) is 27.7 Å². The molecule has 0 atom stereocenters. The first-order chi connectivity index (χ1) is 7.05. The van der Waals surface area contributed by atoms with Gasteiger partial charge in [0.15, 0.2) is 0 Å². The van der Waals surface area contributed by atoms with Gasteiger partial charge in [0, 0.05) is 12.8 Å². The van der Waals surface area contributed by atoms with Crippen molar-refractivity contribution in [2.45, 2.75) is 54.4 Å². The van der Waals surface area contributed by atoms with Gasteiger partial charge in [-0.2, -0.15) is 0 Å². The van der Waals surface area contributed by atoms with Gasteiger partial charge in [-0.1, -0.05) is 13.8 Å². The van der Waals surface area contributed by atoms with E-state index in [0.717, 1.165) is 0 Å². The van der Waals surface area contributed by atoms with Gasteiger partial charge in [0.25, 0.3) is 0 Å². The number of Topliss-reactive ketones (excluding diaryl/α,β-unsaturated/α-hetero) is 1. The molecule has 0 aliphatic heterocycles. The number of carbonyl (C=O) groups excluding carboxylic acids is 1. The van der Waals surface area contributed by atoms with Crippen molar-refractivity contribution < 1.29 is 26.3 Å². The van der Waals surface area contributed by atoms with Crippen LogP contribution in [0.5, 0.6) is 0 Å². The molecule has 0 saturated carbocycles. The lowest BCUT2D eigenvalue weighted by Gasteiger charge is -2.34. The van der Waals surface area contributed by atoms with Crippen molar-refractivity contribution in [3.8, 4) is 0 Å². The lowest BCUT2D eigenvalue weighted by molar-refractivity contribution is -0.921. The molecule has 0 unspecified atom stereocenters. The van der Waals surface area contributed by atoms with E-state index in [4.69, 9.17) is 0 Å². The zero-order valence-corrected chi connectivity index (χ0v) is 13.6. The maximum Gasteiger partial charge on any atom is 0.132 e. The topological polar surface area (TPSA) is 17.1 Å². The third-order valence-corrected chi connectivity index (χ3v) is 3.47. The van der Waals surface area contributed by atoms with Crippen molar-refractivity contribution >= 4 is 5.78 Å². The van der Waals surface area contributed by atoms with Crippen LogP contribution in [0.15, 0.2) is 0 Å². The summed E-state index contributed by atoms with van der Waals surface area (Å²) < 4.78 is 1.28. The maximum atomic E-state index is 10.2. The standard InChI is InChI=1S/C8H20N.C5H10O.BrH/c1-5-9(6-2,7-3)8-4;1-3-5(6)4-2;/h5-8H2,1-4H3;3-4H2,1-2H3;1H/q+1;;/p-1. The first-order valence-electron chi connectivity index (χ1n) is 6.42. The predicted octanol–water partition coefficient (Wildman–Crippen LogP) is 0.262. The third kappa shape index (κ3) is 9.34. The molecule has 16 heavy (non-hydrogen) atoms. The number of ketones is 1.